The lowest BCUT2D eigenvalue weighted by molar-refractivity contribution is 0.592. The fourth-order valence-electron chi connectivity index (χ4n) is 6.44. The van der Waals surface area contributed by atoms with Crippen molar-refractivity contribution in [1.29, 1.82) is 0 Å². The van der Waals surface area contributed by atoms with Crippen LogP contribution < -0.4 is 15.9 Å². The van der Waals surface area contributed by atoms with Crippen LogP contribution in [0.3, 0.4) is 0 Å². The highest BCUT2D eigenvalue weighted by Crippen LogP contribution is 2.54. The topological polar surface area (TPSA) is 22.0 Å². The molecule has 7 aromatic rings. The number of rotatable bonds is 3. The molecule has 0 radical (unpaired) electrons. The maximum Gasteiger partial charge on any atom is 0.172 e. The van der Waals surface area contributed by atoms with Crippen molar-refractivity contribution in [3.8, 4) is 39.2 Å². The predicted molar refractivity (Wildman–Crippen MR) is 173 cm³/mol. The van der Waals surface area contributed by atoms with Crippen molar-refractivity contribution in [3.05, 3.63) is 158 Å². The highest BCUT2D eigenvalue weighted by atomic mass is 31.2. The van der Waals surface area contributed by atoms with Gasteiger partial charge in [-0.2, -0.15) is 0 Å². The van der Waals surface area contributed by atoms with Gasteiger partial charge in [0.1, 0.15) is 0 Å². The minimum absolute atomic E-state index is 0.854. The Labute approximate surface area is 239 Å². The van der Waals surface area contributed by atoms with E-state index in [0.29, 0.717) is 0 Å². The van der Waals surface area contributed by atoms with Crippen LogP contribution in [0.2, 0.25) is 0 Å². The maximum atomic E-state index is 15.7. The van der Waals surface area contributed by atoms with Crippen molar-refractivity contribution in [1.82, 2.24) is 4.57 Å². The molecule has 1 atom stereocenters. The van der Waals surface area contributed by atoms with Crippen molar-refractivity contribution in [3.63, 3.8) is 0 Å². The number of hydrogen-bond donors (Lipinski definition) is 0. The average Bonchev–Trinajstić information content (AvgIpc) is 3.36. The van der Waals surface area contributed by atoms with Crippen molar-refractivity contribution < 1.29 is 4.57 Å². The summed E-state index contributed by atoms with van der Waals surface area (Å²) in [7, 11) is -3.20. The van der Waals surface area contributed by atoms with E-state index >= 15 is 4.57 Å². The van der Waals surface area contributed by atoms with E-state index in [1.165, 1.54) is 5.56 Å². The third-order valence-corrected chi connectivity index (χ3v) is 11.4. The second-order valence-corrected chi connectivity index (χ2v) is 13.2. The van der Waals surface area contributed by atoms with Crippen LogP contribution in [0.1, 0.15) is 0 Å². The van der Waals surface area contributed by atoms with E-state index in [2.05, 4.69) is 114 Å². The van der Waals surface area contributed by atoms with E-state index < -0.39 is 7.14 Å². The molecule has 0 saturated carbocycles. The van der Waals surface area contributed by atoms with E-state index in [1.807, 2.05) is 48.5 Å². The third-order valence-electron chi connectivity index (χ3n) is 8.22. The third kappa shape index (κ3) is 3.55. The lowest BCUT2D eigenvalue weighted by Crippen LogP contribution is -2.26. The molecule has 2 nitrogen and oxygen atoms in total. The molecule has 1 aromatic heterocycles. The standard InChI is InChI=1S/C38H26NOP/c40-41(30-18-5-2-6-19-30)35-24-11-8-21-32(35)37-31-20-7-10-23-34(31)39(38(37)33-22-9-12-25-36(33)41)29-17-13-16-28(26-29)27-14-3-1-4-15-27/h1-26H. The molecule has 1 unspecified atom stereocenters. The number of aromatic nitrogens is 1. The van der Waals surface area contributed by atoms with Crippen LogP contribution in [-0.2, 0) is 4.57 Å². The fourth-order valence-corrected chi connectivity index (χ4v) is 9.49. The first-order valence-electron chi connectivity index (χ1n) is 13.9. The summed E-state index contributed by atoms with van der Waals surface area (Å²) in [5, 5.41) is 3.77. The van der Waals surface area contributed by atoms with Gasteiger partial charge in [-0.3, -0.25) is 0 Å². The number of fused-ring (bicyclic) bond motifs is 7. The van der Waals surface area contributed by atoms with Gasteiger partial charge < -0.3 is 9.13 Å². The smallest absolute Gasteiger partial charge is 0.172 e. The molecule has 194 valence electrons. The maximum absolute atomic E-state index is 15.7. The Kier molecular flexibility index (Phi) is 5.45. The quantitative estimate of drug-likeness (QED) is 0.205. The summed E-state index contributed by atoms with van der Waals surface area (Å²) in [5.74, 6) is 0. The molecule has 1 aliphatic rings. The van der Waals surface area contributed by atoms with Gasteiger partial charge in [0, 0.05) is 38.1 Å². The van der Waals surface area contributed by atoms with E-state index in [4.69, 9.17) is 0 Å². The van der Waals surface area contributed by atoms with Crippen molar-refractivity contribution in [2.75, 3.05) is 0 Å². The van der Waals surface area contributed by atoms with Gasteiger partial charge in [0.2, 0.25) is 0 Å². The number of hydrogen-bond acceptors (Lipinski definition) is 1. The first-order valence-corrected chi connectivity index (χ1v) is 15.6. The van der Waals surface area contributed by atoms with E-state index in [9.17, 15) is 0 Å². The normalized spacial score (nSPS) is 15.5. The van der Waals surface area contributed by atoms with Crippen LogP contribution in [-0.4, -0.2) is 4.57 Å². The van der Waals surface area contributed by atoms with Crippen molar-refractivity contribution in [2.24, 2.45) is 0 Å². The summed E-state index contributed by atoms with van der Waals surface area (Å²) in [6.07, 6.45) is 0. The molecule has 8 rings (SSSR count). The largest absolute Gasteiger partial charge is 0.309 e. The zero-order valence-corrected chi connectivity index (χ0v) is 23.2. The van der Waals surface area contributed by atoms with E-state index in [1.54, 1.807) is 0 Å². The molecule has 0 amide bonds. The van der Waals surface area contributed by atoms with Crippen LogP contribution in [0, 0.1) is 0 Å². The first kappa shape index (κ1) is 23.9. The summed E-state index contributed by atoms with van der Waals surface area (Å²) in [4.78, 5) is 0. The summed E-state index contributed by atoms with van der Waals surface area (Å²) in [6, 6.07) is 54.4. The summed E-state index contributed by atoms with van der Waals surface area (Å²) < 4.78 is 18.0. The highest BCUT2D eigenvalue weighted by Gasteiger charge is 2.39. The molecule has 41 heavy (non-hydrogen) atoms. The molecule has 0 aliphatic carbocycles. The van der Waals surface area contributed by atoms with Crippen LogP contribution in [0.5, 0.6) is 0 Å². The lowest BCUT2D eigenvalue weighted by atomic mass is 9.98. The average molecular weight is 544 g/mol. The van der Waals surface area contributed by atoms with E-state index in [-0.39, 0.29) is 0 Å². The number of benzene rings is 6. The van der Waals surface area contributed by atoms with Crippen LogP contribution in [0.15, 0.2) is 158 Å². The van der Waals surface area contributed by atoms with Crippen molar-refractivity contribution in [2.45, 2.75) is 0 Å². The molecular weight excluding hydrogens is 517 g/mol. The highest BCUT2D eigenvalue weighted by molar-refractivity contribution is 7.85. The van der Waals surface area contributed by atoms with E-state index in [0.717, 1.165) is 60.5 Å². The summed E-state index contributed by atoms with van der Waals surface area (Å²) in [5.41, 5.74) is 8.78. The first-order chi connectivity index (χ1) is 20.2. The molecule has 3 heteroatoms. The Balaban J connectivity index is 1.53. The molecule has 1 aliphatic heterocycles. The Morgan fingerprint density at radius 1 is 0.488 bits per heavy atom. The minimum atomic E-state index is -3.20. The van der Waals surface area contributed by atoms with Gasteiger partial charge in [0.25, 0.3) is 0 Å². The summed E-state index contributed by atoms with van der Waals surface area (Å²) >= 11 is 0. The Hall–Kier alpha value is -4.91. The Morgan fingerprint density at radius 3 is 1.85 bits per heavy atom. The van der Waals surface area contributed by atoms with Crippen molar-refractivity contribution >= 4 is 34.0 Å². The van der Waals surface area contributed by atoms with Crippen LogP contribution in [0.4, 0.5) is 0 Å². The zero-order chi connectivity index (χ0) is 27.4. The second kappa shape index (κ2) is 9.34. The van der Waals surface area contributed by atoms with Crippen LogP contribution >= 0.6 is 7.14 Å². The van der Waals surface area contributed by atoms with Crippen LogP contribution in [0.25, 0.3) is 50.1 Å². The Morgan fingerprint density at radius 2 is 1.07 bits per heavy atom. The zero-order valence-electron chi connectivity index (χ0n) is 22.3. The van der Waals surface area contributed by atoms with Gasteiger partial charge in [-0.1, -0.05) is 140 Å². The SMILES string of the molecule is O=P1(c2ccccc2)c2ccccc2-c2c(n(-c3cccc(-c4ccccc4)c3)c3ccccc23)-c2ccccc21. The van der Waals surface area contributed by atoms with Gasteiger partial charge in [0.05, 0.1) is 11.2 Å². The number of para-hydroxylation sites is 1. The number of nitrogens with zero attached hydrogens (tertiary/aromatic N) is 1. The van der Waals surface area contributed by atoms with Gasteiger partial charge in [-0.25, -0.2) is 0 Å². The predicted octanol–water partition coefficient (Wildman–Crippen LogP) is 8.58. The molecule has 6 aromatic carbocycles. The minimum Gasteiger partial charge on any atom is -0.309 e. The molecule has 2 heterocycles. The Bertz CT molecular complexity index is 2130. The molecule has 0 saturated heterocycles. The lowest BCUT2D eigenvalue weighted by Gasteiger charge is -2.22. The van der Waals surface area contributed by atoms with Gasteiger partial charge >= 0.3 is 0 Å². The molecular formula is C38H26NOP. The molecule has 0 bridgehead atoms. The van der Waals surface area contributed by atoms with Gasteiger partial charge in [0.15, 0.2) is 7.14 Å². The summed E-state index contributed by atoms with van der Waals surface area (Å²) in [6.45, 7) is 0. The van der Waals surface area contributed by atoms with Gasteiger partial charge in [-0.05, 0) is 34.9 Å². The molecule has 0 N–H and O–H groups in total. The monoisotopic (exact) mass is 543 g/mol. The molecule has 0 fully saturated rings. The fraction of sp³-hybridized carbons (Fsp3) is 0. The second-order valence-electron chi connectivity index (χ2n) is 10.5. The van der Waals surface area contributed by atoms with Gasteiger partial charge in [-0.15, -0.1) is 0 Å². The molecule has 0 spiro atoms.